The average molecular weight is 294 g/mol. The third-order valence-electron chi connectivity index (χ3n) is 2.90. The van der Waals surface area contributed by atoms with Gasteiger partial charge in [-0.25, -0.2) is 0 Å². The molecule has 5 nitrogen and oxygen atoms in total. The predicted octanol–water partition coefficient (Wildman–Crippen LogP) is 1.61. The van der Waals surface area contributed by atoms with Gasteiger partial charge in [0, 0.05) is 23.2 Å². The van der Waals surface area contributed by atoms with Gasteiger partial charge in [0.2, 0.25) is 0 Å². The van der Waals surface area contributed by atoms with E-state index in [1.54, 1.807) is 12.1 Å². The van der Waals surface area contributed by atoms with Gasteiger partial charge < -0.3 is 15.4 Å². The standard InChI is InChI=1S/C14H16ClN3O2/c15-11-1-4-13(20-9-14(19)17-6-5-16)10(7-11)8-18-12-2-3-12/h1,4,7,12,18H,2-3,6,8-9H2,(H,17,19). The van der Waals surface area contributed by atoms with Crippen molar-refractivity contribution in [3.63, 3.8) is 0 Å². The summed E-state index contributed by atoms with van der Waals surface area (Å²) in [5.41, 5.74) is 0.928. The number of nitriles is 1. The zero-order valence-corrected chi connectivity index (χ0v) is 11.7. The number of carbonyl (C=O) groups is 1. The summed E-state index contributed by atoms with van der Waals surface area (Å²) >= 11 is 5.98. The van der Waals surface area contributed by atoms with Gasteiger partial charge in [-0.15, -0.1) is 0 Å². The lowest BCUT2D eigenvalue weighted by Gasteiger charge is -2.12. The van der Waals surface area contributed by atoms with Crippen LogP contribution >= 0.6 is 11.6 Å². The molecule has 6 heteroatoms. The van der Waals surface area contributed by atoms with E-state index in [0.29, 0.717) is 23.4 Å². The fourth-order valence-electron chi connectivity index (χ4n) is 1.70. The summed E-state index contributed by atoms with van der Waals surface area (Å²) in [5, 5.41) is 14.8. The van der Waals surface area contributed by atoms with Crippen LogP contribution in [0.1, 0.15) is 18.4 Å². The van der Waals surface area contributed by atoms with Crippen molar-refractivity contribution in [3.8, 4) is 11.8 Å². The molecule has 0 heterocycles. The van der Waals surface area contributed by atoms with E-state index in [4.69, 9.17) is 21.6 Å². The summed E-state index contributed by atoms with van der Waals surface area (Å²) < 4.78 is 5.48. The van der Waals surface area contributed by atoms with Gasteiger partial charge in [-0.3, -0.25) is 4.79 Å². The van der Waals surface area contributed by atoms with Crippen molar-refractivity contribution in [1.82, 2.24) is 10.6 Å². The van der Waals surface area contributed by atoms with Crippen molar-refractivity contribution in [3.05, 3.63) is 28.8 Å². The molecule has 1 aliphatic rings. The van der Waals surface area contributed by atoms with Crippen LogP contribution in [0, 0.1) is 11.3 Å². The molecule has 0 radical (unpaired) electrons. The third kappa shape index (κ3) is 4.72. The van der Waals surface area contributed by atoms with Crippen molar-refractivity contribution in [2.24, 2.45) is 0 Å². The molecule has 0 spiro atoms. The van der Waals surface area contributed by atoms with Crippen LogP contribution in [0.5, 0.6) is 5.75 Å². The first-order valence-electron chi connectivity index (χ1n) is 6.47. The molecule has 20 heavy (non-hydrogen) atoms. The van der Waals surface area contributed by atoms with Crippen molar-refractivity contribution in [2.45, 2.75) is 25.4 Å². The van der Waals surface area contributed by atoms with Crippen LogP contribution in [0.3, 0.4) is 0 Å². The molecule has 1 aromatic rings. The van der Waals surface area contributed by atoms with E-state index in [0.717, 1.165) is 5.56 Å². The van der Waals surface area contributed by atoms with Crippen LogP contribution in [-0.4, -0.2) is 25.1 Å². The highest BCUT2D eigenvalue weighted by Crippen LogP contribution is 2.25. The molecule has 1 aliphatic carbocycles. The van der Waals surface area contributed by atoms with Gasteiger partial charge in [0.25, 0.3) is 5.91 Å². The number of ether oxygens (including phenoxy) is 1. The zero-order chi connectivity index (χ0) is 14.4. The lowest BCUT2D eigenvalue weighted by atomic mass is 10.2. The highest BCUT2D eigenvalue weighted by atomic mass is 35.5. The molecule has 106 valence electrons. The Morgan fingerprint density at radius 1 is 1.50 bits per heavy atom. The SMILES string of the molecule is N#CCNC(=O)COc1ccc(Cl)cc1CNC1CC1. The second-order valence-corrected chi connectivity index (χ2v) is 5.07. The van der Waals surface area contributed by atoms with Crippen LogP contribution in [0.25, 0.3) is 0 Å². The Hall–Kier alpha value is -1.77. The van der Waals surface area contributed by atoms with Crippen LogP contribution in [-0.2, 0) is 11.3 Å². The molecular formula is C14H16ClN3O2. The molecular weight excluding hydrogens is 278 g/mol. The Morgan fingerprint density at radius 3 is 3.00 bits per heavy atom. The zero-order valence-electron chi connectivity index (χ0n) is 11.0. The second-order valence-electron chi connectivity index (χ2n) is 4.63. The molecule has 2 N–H and O–H groups in total. The van der Waals surface area contributed by atoms with Crippen molar-refractivity contribution in [1.29, 1.82) is 5.26 Å². The van der Waals surface area contributed by atoms with E-state index in [-0.39, 0.29) is 19.1 Å². The number of amides is 1. The molecule has 1 fully saturated rings. The van der Waals surface area contributed by atoms with E-state index in [2.05, 4.69) is 10.6 Å². The molecule has 1 aromatic carbocycles. The maximum atomic E-state index is 11.4. The minimum Gasteiger partial charge on any atom is -0.483 e. The normalized spacial score (nSPS) is 13.6. The van der Waals surface area contributed by atoms with Gasteiger partial charge in [0.15, 0.2) is 6.61 Å². The summed E-state index contributed by atoms with van der Waals surface area (Å²) in [7, 11) is 0. The summed E-state index contributed by atoms with van der Waals surface area (Å²) in [6.45, 7) is 0.541. The first kappa shape index (κ1) is 14.6. The highest BCUT2D eigenvalue weighted by Gasteiger charge is 2.20. The highest BCUT2D eigenvalue weighted by molar-refractivity contribution is 6.30. The number of hydrogen-bond acceptors (Lipinski definition) is 4. The lowest BCUT2D eigenvalue weighted by Crippen LogP contribution is -2.29. The third-order valence-corrected chi connectivity index (χ3v) is 3.14. The predicted molar refractivity (Wildman–Crippen MR) is 75.4 cm³/mol. The number of benzene rings is 1. The monoisotopic (exact) mass is 293 g/mol. The smallest absolute Gasteiger partial charge is 0.258 e. The molecule has 0 aliphatic heterocycles. The van der Waals surface area contributed by atoms with E-state index in [1.165, 1.54) is 12.8 Å². The average Bonchev–Trinajstić information content (AvgIpc) is 3.26. The first-order chi connectivity index (χ1) is 9.69. The molecule has 0 bridgehead atoms. The van der Waals surface area contributed by atoms with Crippen LogP contribution in [0.15, 0.2) is 18.2 Å². The largest absolute Gasteiger partial charge is 0.483 e. The summed E-state index contributed by atoms with van der Waals surface area (Å²) in [5.74, 6) is 0.317. The Bertz CT molecular complexity index is 524. The molecule has 0 unspecified atom stereocenters. The maximum Gasteiger partial charge on any atom is 0.258 e. The van der Waals surface area contributed by atoms with Crippen molar-refractivity contribution >= 4 is 17.5 Å². The van der Waals surface area contributed by atoms with Crippen LogP contribution in [0.4, 0.5) is 0 Å². The number of nitrogens with zero attached hydrogens (tertiary/aromatic N) is 1. The fourth-order valence-corrected chi connectivity index (χ4v) is 1.90. The van der Waals surface area contributed by atoms with E-state index in [1.807, 2.05) is 12.1 Å². The minimum atomic E-state index is -0.317. The lowest BCUT2D eigenvalue weighted by molar-refractivity contribution is -0.122. The minimum absolute atomic E-state index is 0.0150. The quantitative estimate of drug-likeness (QED) is 0.749. The number of rotatable bonds is 7. The molecule has 0 aromatic heterocycles. The van der Waals surface area contributed by atoms with Crippen LogP contribution < -0.4 is 15.4 Å². The van der Waals surface area contributed by atoms with Crippen LogP contribution in [0.2, 0.25) is 5.02 Å². The Labute approximate surface area is 122 Å². The maximum absolute atomic E-state index is 11.4. The molecule has 2 rings (SSSR count). The van der Waals surface area contributed by atoms with Crippen molar-refractivity contribution in [2.75, 3.05) is 13.2 Å². The Kier molecular flexibility index (Phi) is 5.22. The molecule has 1 amide bonds. The van der Waals surface area contributed by atoms with Gasteiger partial charge in [-0.2, -0.15) is 5.26 Å². The van der Waals surface area contributed by atoms with Gasteiger partial charge in [-0.05, 0) is 31.0 Å². The molecule has 0 saturated heterocycles. The van der Waals surface area contributed by atoms with Gasteiger partial charge >= 0.3 is 0 Å². The molecule has 1 saturated carbocycles. The van der Waals surface area contributed by atoms with Gasteiger partial charge in [0.1, 0.15) is 12.3 Å². The first-order valence-corrected chi connectivity index (χ1v) is 6.85. The summed E-state index contributed by atoms with van der Waals surface area (Å²) in [4.78, 5) is 11.4. The van der Waals surface area contributed by atoms with Crippen molar-refractivity contribution < 1.29 is 9.53 Å². The topological polar surface area (TPSA) is 74.2 Å². The van der Waals surface area contributed by atoms with Gasteiger partial charge in [-0.1, -0.05) is 11.6 Å². The number of nitrogens with one attached hydrogen (secondary N) is 2. The Morgan fingerprint density at radius 2 is 2.30 bits per heavy atom. The van der Waals surface area contributed by atoms with E-state index < -0.39 is 0 Å². The van der Waals surface area contributed by atoms with E-state index in [9.17, 15) is 4.79 Å². The fraction of sp³-hybridized carbons (Fsp3) is 0.429. The van der Waals surface area contributed by atoms with E-state index >= 15 is 0 Å². The second kappa shape index (κ2) is 7.13. The Balaban J connectivity index is 1.91. The number of hydrogen-bond donors (Lipinski definition) is 2. The summed E-state index contributed by atoms with van der Waals surface area (Å²) in [6.07, 6.45) is 2.40. The summed E-state index contributed by atoms with van der Waals surface area (Å²) in [6, 6.07) is 7.74. The number of carbonyl (C=O) groups excluding carboxylic acids is 1. The molecule has 0 atom stereocenters. The number of halogens is 1. The van der Waals surface area contributed by atoms with Gasteiger partial charge in [0.05, 0.1) is 6.07 Å².